The number of carbonyl (C=O) groups excluding carboxylic acids is 3. The third-order valence-electron chi connectivity index (χ3n) is 5.36. The molecule has 3 heterocycles. The van der Waals surface area contributed by atoms with Gasteiger partial charge in [0.15, 0.2) is 0 Å². The highest BCUT2D eigenvalue weighted by molar-refractivity contribution is 6.05. The molecule has 3 fully saturated rings. The summed E-state index contributed by atoms with van der Waals surface area (Å²) in [5.74, 6) is -0.0147. The van der Waals surface area contributed by atoms with Crippen LogP contribution in [-0.4, -0.2) is 64.3 Å². The molecule has 1 aromatic rings. The molecule has 6 nitrogen and oxygen atoms in total. The highest BCUT2D eigenvalue weighted by Crippen LogP contribution is 2.31. The van der Waals surface area contributed by atoms with Gasteiger partial charge in [-0.1, -0.05) is 18.2 Å². The number of imide groups is 1. The Morgan fingerprint density at radius 2 is 1.67 bits per heavy atom. The molecule has 0 N–H and O–H groups in total. The molecule has 24 heavy (non-hydrogen) atoms. The number of likely N-dealkylation sites (tertiary alicyclic amines) is 1. The largest absolute Gasteiger partial charge is 0.338 e. The molecular weight excluding hydrogens is 306 g/mol. The molecule has 1 atom stereocenters. The van der Waals surface area contributed by atoms with Gasteiger partial charge in [0.25, 0.3) is 11.8 Å². The van der Waals surface area contributed by atoms with Crippen molar-refractivity contribution in [1.29, 1.82) is 0 Å². The summed E-state index contributed by atoms with van der Waals surface area (Å²) in [5, 5.41) is 0. The van der Waals surface area contributed by atoms with E-state index in [1.54, 1.807) is 4.90 Å². The summed E-state index contributed by atoms with van der Waals surface area (Å²) in [6.45, 7) is 1.86. The second kappa shape index (κ2) is 5.92. The predicted octanol–water partition coefficient (Wildman–Crippen LogP) is 1.72. The van der Waals surface area contributed by atoms with Crippen molar-refractivity contribution < 1.29 is 14.4 Å². The molecule has 0 spiro atoms. The van der Waals surface area contributed by atoms with Gasteiger partial charge in [0.1, 0.15) is 6.04 Å². The van der Waals surface area contributed by atoms with Crippen LogP contribution in [0, 0.1) is 0 Å². The van der Waals surface area contributed by atoms with Crippen molar-refractivity contribution in [2.24, 2.45) is 0 Å². The lowest BCUT2D eigenvalue weighted by Gasteiger charge is -2.35. The van der Waals surface area contributed by atoms with E-state index in [0.29, 0.717) is 38.0 Å². The standard InChI is InChI=1S/C18H21N3O3/c22-16(13-5-2-1-3-6-13)19-11-8-14(9-12-19)21-17(23)15-7-4-10-20(15)18(21)24/h1-3,5-6,14-15H,4,7-12H2. The molecule has 0 radical (unpaired) electrons. The molecule has 4 amide bonds. The van der Waals surface area contributed by atoms with Crippen LogP contribution in [0.5, 0.6) is 0 Å². The summed E-state index contributed by atoms with van der Waals surface area (Å²) in [5.41, 5.74) is 0.685. The highest BCUT2D eigenvalue weighted by atomic mass is 16.2. The molecule has 4 rings (SSSR count). The number of fused-ring (bicyclic) bond motifs is 1. The van der Waals surface area contributed by atoms with Crippen LogP contribution in [0.3, 0.4) is 0 Å². The molecule has 1 unspecified atom stereocenters. The van der Waals surface area contributed by atoms with Gasteiger partial charge in [0, 0.05) is 31.2 Å². The number of hydrogen-bond donors (Lipinski definition) is 0. The third kappa shape index (κ3) is 2.37. The van der Waals surface area contributed by atoms with Crippen LogP contribution in [0.1, 0.15) is 36.0 Å². The van der Waals surface area contributed by atoms with Crippen molar-refractivity contribution in [3.63, 3.8) is 0 Å². The lowest BCUT2D eigenvalue weighted by molar-refractivity contribution is -0.130. The van der Waals surface area contributed by atoms with Crippen molar-refractivity contribution in [3.8, 4) is 0 Å². The first-order valence-corrected chi connectivity index (χ1v) is 8.65. The molecule has 126 valence electrons. The lowest BCUT2D eigenvalue weighted by Crippen LogP contribution is -2.49. The Hall–Kier alpha value is -2.37. The maximum Gasteiger partial charge on any atom is 0.327 e. The van der Waals surface area contributed by atoms with E-state index in [4.69, 9.17) is 0 Å². The summed E-state index contributed by atoms with van der Waals surface area (Å²) in [7, 11) is 0. The van der Waals surface area contributed by atoms with Crippen LogP contribution in [0.25, 0.3) is 0 Å². The van der Waals surface area contributed by atoms with Crippen LogP contribution in [0.4, 0.5) is 4.79 Å². The van der Waals surface area contributed by atoms with E-state index in [2.05, 4.69) is 0 Å². The number of carbonyl (C=O) groups is 3. The number of piperidine rings is 1. The summed E-state index contributed by atoms with van der Waals surface area (Å²) < 4.78 is 0. The van der Waals surface area contributed by atoms with E-state index in [1.165, 1.54) is 4.90 Å². The Bertz CT molecular complexity index is 645. The Labute approximate surface area is 141 Å². The highest BCUT2D eigenvalue weighted by Gasteiger charge is 2.50. The van der Waals surface area contributed by atoms with Crippen molar-refractivity contribution in [3.05, 3.63) is 35.9 Å². The number of amides is 4. The molecule has 0 aliphatic carbocycles. The zero-order chi connectivity index (χ0) is 16.7. The van der Waals surface area contributed by atoms with Gasteiger partial charge in [0.05, 0.1) is 0 Å². The van der Waals surface area contributed by atoms with Crippen molar-refractivity contribution in [2.75, 3.05) is 19.6 Å². The molecule has 1 aromatic carbocycles. The molecule has 0 saturated carbocycles. The molecule has 3 saturated heterocycles. The predicted molar refractivity (Wildman–Crippen MR) is 87.3 cm³/mol. The second-order valence-corrected chi connectivity index (χ2v) is 6.73. The van der Waals surface area contributed by atoms with E-state index >= 15 is 0 Å². The van der Waals surface area contributed by atoms with Crippen LogP contribution in [0.15, 0.2) is 30.3 Å². The monoisotopic (exact) mass is 327 g/mol. The number of urea groups is 1. The molecule has 3 aliphatic rings. The van der Waals surface area contributed by atoms with Gasteiger partial charge < -0.3 is 9.80 Å². The normalized spacial score (nSPS) is 24.7. The average Bonchev–Trinajstić information content (AvgIpc) is 3.20. The number of hydrogen-bond acceptors (Lipinski definition) is 3. The van der Waals surface area contributed by atoms with Crippen molar-refractivity contribution in [1.82, 2.24) is 14.7 Å². The minimum absolute atomic E-state index is 0.0220. The quantitative estimate of drug-likeness (QED) is 0.777. The van der Waals surface area contributed by atoms with E-state index in [1.807, 2.05) is 35.2 Å². The van der Waals surface area contributed by atoms with Crippen LogP contribution in [-0.2, 0) is 4.79 Å². The molecule has 0 bridgehead atoms. The summed E-state index contributed by atoms with van der Waals surface area (Å²) in [4.78, 5) is 42.5. The zero-order valence-corrected chi connectivity index (χ0v) is 13.6. The van der Waals surface area contributed by atoms with Gasteiger partial charge in [-0.2, -0.15) is 0 Å². The summed E-state index contributed by atoms with van der Waals surface area (Å²) >= 11 is 0. The Balaban J connectivity index is 1.41. The second-order valence-electron chi connectivity index (χ2n) is 6.73. The fraction of sp³-hybridized carbons (Fsp3) is 0.500. The van der Waals surface area contributed by atoms with Crippen LogP contribution < -0.4 is 0 Å². The van der Waals surface area contributed by atoms with Gasteiger partial charge in [-0.05, 0) is 37.8 Å². The van der Waals surface area contributed by atoms with Crippen LogP contribution >= 0.6 is 0 Å². The molecule has 3 aliphatic heterocycles. The van der Waals surface area contributed by atoms with Crippen molar-refractivity contribution >= 4 is 17.8 Å². The first-order valence-electron chi connectivity index (χ1n) is 8.65. The fourth-order valence-electron chi connectivity index (χ4n) is 4.07. The third-order valence-corrected chi connectivity index (χ3v) is 5.36. The smallest absolute Gasteiger partial charge is 0.327 e. The maximum atomic E-state index is 12.5. The number of nitrogens with zero attached hydrogens (tertiary/aromatic N) is 3. The number of benzene rings is 1. The summed E-state index contributed by atoms with van der Waals surface area (Å²) in [6, 6.07) is 8.79. The molecular formula is C18H21N3O3. The molecule has 0 aromatic heterocycles. The fourth-order valence-corrected chi connectivity index (χ4v) is 4.07. The van der Waals surface area contributed by atoms with Gasteiger partial charge in [-0.25, -0.2) is 4.79 Å². The lowest BCUT2D eigenvalue weighted by atomic mass is 10.0. The maximum absolute atomic E-state index is 12.5. The van der Waals surface area contributed by atoms with Crippen LogP contribution in [0.2, 0.25) is 0 Å². The Morgan fingerprint density at radius 1 is 0.958 bits per heavy atom. The Kier molecular flexibility index (Phi) is 3.75. The van der Waals surface area contributed by atoms with E-state index in [-0.39, 0.29) is 29.9 Å². The zero-order valence-electron chi connectivity index (χ0n) is 13.6. The topological polar surface area (TPSA) is 60.9 Å². The first kappa shape index (κ1) is 15.2. The SMILES string of the molecule is O=C(c1ccccc1)N1CCC(N2C(=O)C3CCCN3C2=O)CC1. The Morgan fingerprint density at radius 3 is 2.33 bits per heavy atom. The van der Waals surface area contributed by atoms with Gasteiger partial charge >= 0.3 is 6.03 Å². The number of rotatable bonds is 2. The minimum atomic E-state index is -0.235. The van der Waals surface area contributed by atoms with E-state index in [9.17, 15) is 14.4 Å². The van der Waals surface area contributed by atoms with Gasteiger partial charge in [-0.15, -0.1) is 0 Å². The van der Waals surface area contributed by atoms with E-state index in [0.717, 1.165) is 12.8 Å². The van der Waals surface area contributed by atoms with Gasteiger partial charge in [0.2, 0.25) is 0 Å². The minimum Gasteiger partial charge on any atom is -0.338 e. The van der Waals surface area contributed by atoms with Gasteiger partial charge in [-0.3, -0.25) is 14.5 Å². The average molecular weight is 327 g/mol. The van der Waals surface area contributed by atoms with E-state index < -0.39 is 0 Å². The molecule has 6 heteroatoms. The first-order chi connectivity index (χ1) is 11.7. The van der Waals surface area contributed by atoms with Crippen molar-refractivity contribution in [2.45, 2.75) is 37.8 Å². The summed E-state index contributed by atoms with van der Waals surface area (Å²) in [6.07, 6.45) is 3.03.